The van der Waals surface area contributed by atoms with Crippen molar-refractivity contribution in [2.24, 2.45) is 5.73 Å². The van der Waals surface area contributed by atoms with E-state index >= 15 is 0 Å². The van der Waals surface area contributed by atoms with E-state index in [-0.39, 0.29) is 0 Å². The molecule has 0 amide bonds. The summed E-state index contributed by atoms with van der Waals surface area (Å²) in [5.74, 6) is 0.457. The van der Waals surface area contributed by atoms with Gasteiger partial charge in [-0.05, 0) is 43.7 Å². The van der Waals surface area contributed by atoms with Crippen LogP contribution in [0.1, 0.15) is 28.8 Å². The molecule has 0 saturated carbocycles. The molecule has 0 aliphatic heterocycles. The van der Waals surface area contributed by atoms with Gasteiger partial charge in [0.1, 0.15) is 0 Å². The molecule has 17 heavy (non-hydrogen) atoms. The van der Waals surface area contributed by atoms with E-state index < -0.39 is 0 Å². The first kappa shape index (κ1) is 12.3. The van der Waals surface area contributed by atoms with Gasteiger partial charge in [0.05, 0.1) is 0 Å². The third-order valence-corrected chi connectivity index (χ3v) is 4.47. The maximum Gasteiger partial charge on any atom is 0.0348 e. The van der Waals surface area contributed by atoms with Crippen LogP contribution < -0.4 is 5.73 Å². The highest BCUT2D eigenvalue weighted by Gasteiger charge is 2.09. The highest BCUT2D eigenvalue weighted by Crippen LogP contribution is 2.34. The number of thiophene rings is 1. The Hall–Kier alpha value is -1.12. The van der Waals surface area contributed by atoms with Gasteiger partial charge >= 0.3 is 0 Å². The van der Waals surface area contributed by atoms with Crippen LogP contribution in [0.3, 0.4) is 0 Å². The van der Waals surface area contributed by atoms with E-state index in [9.17, 15) is 0 Å². The minimum atomic E-state index is 0.457. The Balaban J connectivity index is 2.40. The molecule has 1 nitrogen and oxygen atoms in total. The highest BCUT2D eigenvalue weighted by molar-refractivity contribution is 7.15. The van der Waals surface area contributed by atoms with Crippen LogP contribution in [0.15, 0.2) is 30.3 Å². The molecule has 0 fully saturated rings. The normalized spacial score (nSPS) is 12.7. The largest absolute Gasteiger partial charge is 0.330 e. The first-order valence-electron chi connectivity index (χ1n) is 5.99. The Kier molecular flexibility index (Phi) is 3.65. The quantitative estimate of drug-likeness (QED) is 0.866. The van der Waals surface area contributed by atoms with Crippen molar-refractivity contribution in [3.05, 3.63) is 46.3 Å². The Morgan fingerprint density at radius 3 is 2.65 bits per heavy atom. The van der Waals surface area contributed by atoms with Gasteiger partial charge in [0.2, 0.25) is 0 Å². The van der Waals surface area contributed by atoms with Crippen LogP contribution in [0.4, 0.5) is 0 Å². The van der Waals surface area contributed by atoms with Crippen molar-refractivity contribution in [3.63, 3.8) is 0 Å². The van der Waals surface area contributed by atoms with Gasteiger partial charge in [-0.3, -0.25) is 0 Å². The summed E-state index contributed by atoms with van der Waals surface area (Å²) in [6.07, 6.45) is 0. The summed E-state index contributed by atoms with van der Waals surface area (Å²) >= 11 is 1.86. The molecular weight excluding hydrogens is 226 g/mol. The van der Waals surface area contributed by atoms with E-state index in [0.717, 1.165) is 0 Å². The maximum absolute atomic E-state index is 5.71. The van der Waals surface area contributed by atoms with Crippen molar-refractivity contribution in [1.29, 1.82) is 0 Å². The molecule has 1 aromatic heterocycles. The van der Waals surface area contributed by atoms with E-state index in [1.165, 1.54) is 26.4 Å². The van der Waals surface area contributed by atoms with Crippen molar-refractivity contribution in [1.82, 2.24) is 0 Å². The SMILES string of the molecule is Cc1ccc(C)c(-c2ccc(C(C)CN)s2)c1. The molecule has 2 N–H and O–H groups in total. The first-order chi connectivity index (χ1) is 8.11. The molecule has 2 heteroatoms. The lowest BCUT2D eigenvalue weighted by atomic mass is 10.0. The van der Waals surface area contributed by atoms with E-state index in [2.05, 4.69) is 51.1 Å². The van der Waals surface area contributed by atoms with Crippen LogP contribution in [-0.2, 0) is 0 Å². The Bertz CT molecular complexity index is 513. The highest BCUT2D eigenvalue weighted by atomic mass is 32.1. The molecule has 0 aliphatic carbocycles. The van der Waals surface area contributed by atoms with Gasteiger partial charge in [-0.2, -0.15) is 0 Å². The number of benzene rings is 1. The van der Waals surface area contributed by atoms with E-state index in [1.54, 1.807) is 0 Å². The molecule has 90 valence electrons. The topological polar surface area (TPSA) is 26.0 Å². The Morgan fingerprint density at radius 1 is 1.18 bits per heavy atom. The molecule has 0 radical (unpaired) electrons. The summed E-state index contributed by atoms with van der Waals surface area (Å²) in [4.78, 5) is 2.73. The predicted octanol–water partition coefficient (Wildman–Crippen LogP) is 4.09. The fourth-order valence-electron chi connectivity index (χ4n) is 1.88. The molecule has 1 heterocycles. The summed E-state index contributed by atoms with van der Waals surface area (Å²) in [6.45, 7) is 7.20. The number of nitrogens with two attached hydrogens (primary N) is 1. The van der Waals surface area contributed by atoms with Crippen molar-refractivity contribution in [2.75, 3.05) is 6.54 Å². The van der Waals surface area contributed by atoms with Crippen molar-refractivity contribution in [3.8, 4) is 10.4 Å². The van der Waals surface area contributed by atoms with Crippen molar-refractivity contribution >= 4 is 11.3 Å². The second kappa shape index (κ2) is 5.03. The standard InChI is InChI=1S/C15H19NS/c1-10-4-5-11(2)13(8-10)15-7-6-14(17-15)12(3)9-16/h4-8,12H,9,16H2,1-3H3. The summed E-state index contributed by atoms with van der Waals surface area (Å²) in [5.41, 5.74) is 9.71. The second-order valence-electron chi connectivity index (χ2n) is 4.66. The van der Waals surface area contributed by atoms with Crippen LogP contribution in [0.25, 0.3) is 10.4 Å². The number of hydrogen-bond donors (Lipinski definition) is 1. The molecule has 0 saturated heterocycles. The minimum absolute atomic E-state index is 0.457. The zero-order valence-corrected chi connectivity index (χ0v) is 11.5. The van der Waals surface area contributed by atoms with Gasteiger partial charge in [0, 0.05) is 15.7 Å². The number of aryl methyl sites for hydroxylation is 2. The molecular formula is C15H19NS. The van der Waals surface area contributed by atoms with Crippen LogP contribution in [0.2, 0.25) is 0 Å². The van der Waals surface area contributed by atoms with Crippen LogP contribution in [-0.4, -0.2) is 6.54 Å². The van der Waals surface area contributed by atoms with E-state index in [0.29, 0.717) is 12.5 Å². The number of hydrogen-bond acceptors (Lipinski definition) is 2. The van der Waals surface area contributed by atoms with Gasteiger partial charge in [0.25, 0.3) is 0 Å². The summed E-state index contributed by atoms with van der Waals surface area (Å²) in [7, 11) is 0. The summed E-state index contributed by atoms with van der Waals surface area (Å²) in [5, 5.41) is 0. The van der Waals surface area contributed by atoms with Gasteiger partial charge < -0.3 is 5.73 Å². The second-order valence-corrected chi connectivity index (χ2v) is 5.77. The smallest absolute Gasteiger partial charge is 0.0348 e. The average Bonchev–Trinajstić information content (AvgIpc) is 2.80. The van der Waals surface area contributed by atoms with Crippen molar-refractivity contribution < 1.29 is 0 Å². The van der Waals surface area contributed by atoms with Gasteiger partial charge in [-0.15, -0.1) is 11.3 Å². The fourth-order valence-corrected chi connectivity index (χ4v) is 3.03. The minimum Gasteiger partial charge on any atom is -0.330 e. The molecule has 1 unspecified atom stereocenters. The van der Waals surface area contributed by atoms with Gasteiger partial charge in [-0.25, -0.2) is 0 Å². The molecule has 1 atom stereocenters. The summed E-state index contributed by atoms with van der Waals surface area (Å²) in [6, 6.07) is 11.0. The Labute approximate surface area is 107 Å². The van der Waals surface area contributed by atoms with Gasteiger partial charge in [0.15, 0.2) is 0 Å². The number of rotatable bonds is 3. The lowest BCUT2D eigenvalue weighted by Crippen LogP contribution is -2.06. The molecule has 2 rings (SSSR count). The van der Waals surface area contributed by atoms with Crippen LogP contribution in [0, 0.1) is 13.8 Å². The van der Waals surface area contributed by atoms with E-state index in [4.69, 9.17) is 5.73 Å². The lowest BCUT2D eigenvalue weighted by molar-refractivity contribution is 0.790. The fraction of sp³-hybridized carbons (Fsp3) is 0.333. The monoisotopic (exact) mass is 245 g/mol. The zero-order valence-electron chi connectivity index (χ0n) is 10.7. The van der Waals surface area contributed by atoms with Crippen LogP contribution >= 0.6 is 11.3 Å². The maximum atomic E-state index is 5.71. The summed E-state index contributed by atoms with van der Waals surface area (Å²) < 4.78 is 0. The molecule has 2 aromatic rings. The molecule has 0 aliphatic rings. The van der Waals surface area contributed by atoms with E-state index in [1.807, 2.05) is 11.3 Å². The van der Waals surface area contributed by atoms with Crippen molar-refractivity contribution in [2.45, 2.75) is 26.7 Å². The van der Waals surface area contributed by atoms with Gasteiger partial charge in [-0.1, -0.05) is 30.7 Å². The molecule has 0 bridgehead atoms. The average molecular weight is 245 g/mol. The van der Waals surface area contributed by atoms with Crippen LogP contribution in [0.5, 0.6) is 0 Å². The first-order valence-corrected chi connectivity index (χ1v) is 6.81. The molecule has 1 aromatic carbocycles. The predicted molar refractivity (Wildman–Crippen MR) is 76.7 cm³/mol. The zero-order chi connectivity index (χ0) is 12.4. The Morgan fingerprint density at radius 2 is 1.94 bits per heavy atom. The molecule has 0 spiro atoms. The lowest BCUT2D eigenvalue weighted by Gasteiger charge is -2.06. The third kappa shape index (κ3) is 2.59. The third-order valence-electron chi connectivity index (χ3n) is 3.12.